The van der Waals surface area contributed by atoms with Gasteiger partial charge in [0.15, 0.2) is 0 Å². The third-order valence-electron chi connectivity index (χ3n) is 3.11. The maximum Gasteiger partial charge on any atom is 0.123 e. The van der Waals surface area contributed by atoms with Gasteiger partial charge in [0, 0.05) is 12.6 Å². The van der Waals surface area contributed by atoms with Crippen molar-refractivity contribution in [2.24, 2.45) is 0 Å². The summed E-state index contributed by atoms with van der Waals surface area (Å²) in [5.74, 6) is -0.172. The first-order valence-corrected chi connectivity index (χ1v) is 5.85. The van der Waals surface area contributed by atoms with Crippen molar-refractivity contribution in [2.75, 3.05) is 13.2 Å². The van der Waals surface area contributed by atoms with Crippen LogP contribution in [-0.4, -0.2) is 25.3 Å². The molecule has 2 rings (SSSR count). The highest BCUT2D eigenvalue weighted by Crippen LogP contribution is 2.12. The molecule has 0 spiro atoms. The lowest BCUT2D eigenvalue weighted by Gasteiger charge is -2.15. The van der Waals surface area contributed by atoms with Crippen molar-refractivity contribution >= 4 is 0 Å². The summed E-state index contributed by atoms with van der Waals surface area (Å²) in [6, 6.07) is 7.17. The van der Waals surface area contributed by atoms with Crippen LogP contribution in [-0.2, 0) is 11.2 Å². The number of benzene rings is 1. The average molecular weight is 223 g/mol. The standard InChI is InChI=1S/C13H18FNO/c1-10-13(7-9-16-10)15-8-6-11-2-4-12(14)5-3-11/h2-5,10,13,15H,6-9H2,1H3. The first kappa shape index (κ1) is 11.6. The van der Waals surface area contributed by atoms with Crippen LogP contribution in [0.25, 0.3) is 0 Å². The molecule has 1 heterocycles. The van der Waals surface area contributed by atoms with E-state index in [2.05, 4.69) is 12.2 Å². The van der Waals surface area contributed by atoms with Crippen LogP contribution >= 0.6 is 0 Å². The van der Waals surface area contributed by atoms with Crippen molar-refractivity contribution in [2.45, 2.75) is 31.9 Å². The van der Waals surface area contributed by atoms with Gasteiger partial charge in [-0.25, -0.2) is 4.39 Å². The zero-order chi connectivity index (χ0) is 11.4. The van der Waals surface area contributed by atoms with E-state index < -0.39 is 0 Å². The topological polar surface area (TPSA) is 21.3 Å². The Kier molecular flexibility index (Phi) is 3.91. The van der Waals surface area contributed by atoms with Crippen molar-refractivity contribution in [1.82, 2.24) is 5.32 Å². The Hall–Kier alpha value is -0.930. The van der Waals surface area contributed by atoms with Gasteiger partial charge < -0.3 is 10.1 Å². The lowest BCUT2D eigenvalue weighted by Crippen LogP contribution is -2.35. The summed E-state index contributed by atoms with van der Waals surface area (Å²) in [5, 5.41) is 3.48. The highest BCUT2D eigenvalue weighted by molar-refractivity contribution is 5.16. The van der Waals surface area contributed by atoms with Crippen molar-refractivity contribution in [3.8, 4) is 0 Å². The van der Waals surface area contributed by atoms with E-state index in [1.807, 2.05) is 12.1 Å². The fraction of sp³-hybridized carbons (Fsp3) is 0.538. The third-order valence-corrected chi connectivity index (χ3v) is 3.11. The predicted octanol–water partition coefficient (Wildman–Crippen LogP) is 2.14. The summed E-state index contributed by atoms with van der Waals surface area (Å²) in [6.07, 6.45) is 2.34. The first-order valence-electron chi connectivity index (χ1n) is 5.85. The van der Waals surface area contributed by atoms with Gasteiger partial charge >= 0.3 is 0 Å². The molecule has 0 aliphatic carbocycles. The maximum absolute atomic E-state index is 12.7. The molecule has 1 saturated heterocycles. The lowest BCUT2D eigenvalue weighted by atomic mass is 10.1. The fourth-order valence-corrected chi connectivity index (χ4v) is 2.05. The molecule has 1 N–H and O–H groups in total. The zero-order valence-corrected chi connectivity index (χ0v) is 9.58. The van der Waals surface area contributed by atoms with Gasteiger partial charge in [0.1, 0.15) is 5.82 Å². The number of halogens is 1. The lowest BCUT2D eigenvalue weighted by molar-refractivity contribution is 0.113. The number of hydrogen-bond acceptors (Lipinski definition) is 2. The molecule has 1 aromatic carbocycles. The van der Waals surface area contributed by atoms with E-state index in [1.165, 1.54) is 17.7 Å². The maximum atomic E-state index is 12.7. The van der Waals surface area contributed by atoms with Crippen LogP contribution in [0.5, 0.6) is 0 Å². The van der Waals surface area contributed by atoms with E-state index in [0.717, 1.165) is 26.0 Å². The van der Waals surface area contributed by atoms with Gasteiger partial charge in [-0.3, -0.25) is 0 Å². The number of hydrogen-bond donors (Lipinski definition) is 1. The van der Waals surface area contributed by atoms with Crippen molar-refractivity contribution in [3.05, 3.63) is 35.6 Å². The minimum Gasteiger partial charge on any atom is -0.377 e. The molecule has 88 valence electrons. The Balaban J connectivity index is 1.73. The number of nitrogens with one attached hydrogen (secondary N) is 1. The number of rotatable bonds is 4. The predicted molar refractivity (Wildman–Crippen MR) is 61.9 cm³/mol. The monoisotopic (exact) mass is 223 g/mol. The van der Waals surface area contributed by atoms with Gasteiger partial charge in [0.2, 0.25) is 0 Å². The van der Waals surface area contributed by atoms with Crippen molar-refractivity contribution in [3.63, 3.8) is 0 Å². The Labute approximate surface area is 95.8 Å². The Bertz CT molecular complexity index is 325. The molecule has 1 aromatic rings. The zero-order valence-electron chi connectivity index (χ0n) is 9.58. The summed E-state index contributed by atoms with van der Waals surface area (Å²) in [7, 11) is 0. The number of ether oxygens (including phenoxy) is 1. The molecule has 1 fully saturated rings. The van der Waals surface area contributed by atoms with Gasteiger partial charge in [-0.1, -0.05) is 12.1 Å². The molecule has 1 aliphatic rings. The molecule has 16 heavy (non-hydrogen) atoms. The second-order valence-corrected chi connectivity index (χ2v) is 4.30. The van der Waals surface area contributed by atoms with Crippen molar-refractivity contribution in [1.29, 1.82) is 0 Å². The highest BCUT2D eigenvalue weighted by atomic mass is 19.1. The smallest absolute Gasteiger partial charge is 0.123 e. The molecular formula is C13H18FNO. The van der Waals surface area contributed by atoms with E-state index in [9.17, 15) is 4.39 Å². The van der Waals surface area contributed by atoms with Crippen LogP contribution in [0.2, 0.25) is 0 Å². The van der Waals surface area contributed by atoms with Gasteiger partial charge in [-0.15, -0.1) is 0 Å². The SMILES string of the molecule is CC1OCCC1NCCc1ccc(F)cc1. The van der Waals surface area contributed by atoms with E-state index in [-0.39, 0.29) is 5.82 Å². The molecule has 0 aromatic heterocycles. The van der Waals surface area contributed by atoms with Crippen molar-refractivity contribution < 1.29 is 9.13 Å². The summed E-state index contributed by atoms with van der Waals surface area (Å²) in [6.45, 7) is 3.88. The first-order chi connectivity index (χ1) is 7.75. The molecule has 2 nitrogen and oxygen atoms in total. The summed E-state index contributed by atoms with van der Waals surface area (Å²) < 4.78 is 18.1. The molecule has 0 amide bonds. The van der Waals surface area contributed by atoms with Crippen LogP contribution in [0.15, 0.2) is 24.3 Å². The van der Waals surface area contributed by atoms with Crippen LogP contribution in [0, 0.1) is 5.82 Å². The van der Waals surface area contributed by atoms with Crippen LogP contribution in [0.1, 0.15) is 18.9 Å². The third kappa shape index (κ3) is 3.03. The van der Waals surface area contributed by atoms with E-state index >= 15 is 0 Å². The molecule has 2 unspecified atom stereocenters. The molecule has 0 bridgehead atoms. The second kappa shape index (κ2) is 5.41. The molecule has 0 radical (unpaired) electrons. The fourth-order valence-electron chi connectivity index (χ4n) is 2.05. The average Bonchev–Trinajstić information content (AvgIpc) is 2.68. The van der Waals surface area contributed by atoms with Crippen LogP contribution in [0.4, 0.5) is 4.39 Å². The normalized spacial score (nSPS) is 24.9. The van der Waals surface area contributed by atoms with E-state index in [0.29, 0.717) is 12.1 Å². The van der Waals surface area contributed by atoms with Gasteiger partial charge in [0.25, 0.3) is 0 Å². The summed E-state index contributed by atoms with van der Waals surface area (Å²) >= 11 is 0. The Morgan fingerprint density at radius 1 is 1.38 bits per heavy atom. The molecular weight excluding hydrogens is 205 g/mol. The molecule has 1 aliphatic heterocycles. The Morgan fingerprint density at radius 2 is 2.12 bits per heavy atom. The van der Waals surface area contributed by atoms with E-state index in [1.54, 1.807) is 0 Å². The van der Waals surface area contributed by atoms with Gasteiger partial charge in [-0.05, 0) is 44.0 Å². The van der Waals surface area contributed by atoms with E-state index in [4.69, 9.17) is 4.74 Å². The van der Waals surface area contributed by atoms with Crippen LogP contribution in [0.3, 0.4) is 0 Å². The van der Waals surface area contributed by atoms with Crippen LogP contribution < -0.4 is 5.32 Å². The summed E-state index contributed by atoms with van der Waals surface area (Å²) in [5.41, 5.74) is 1.17. The molecule has 2 atom stereocenters. The van der Waals surface area contributed by atoms with Gasteiger partial charge in [0.05, 0.1) is 6.10 Å². The second-order valence-electron chi connectivity index (χ2n) is 4.30. The summed E-state index contributed by atoms with van der Waals surface area (Å²) in [4.78, 5) is 0. The molecule has 3 heteroatoms. The largest absolute Gasteiger partial charge is 0.377 e. The van der Waals surface area contributed by atoms with Gasteiger partial charge in [-0.2, -0.15) is 0 Å². The quantitative estimate of drug-likeness (QED) is 0.844. The Morgan fingerprint density at radius 3 is 2.75 bits per heavy atom. The molecule has 0 saturated carbocycles. The minimum atomic E-state index is -0.172. The minimum absolute atomic E-state index is 0.172. The highest BCUT2D eigenvalue weighted by Gasteiger charge is 2.22.